The van der Waals surface area contributed by atoms with Crippen LogP contribution >= 0.6 is 11.6 Å². The fourth-order valence-corrected chi connectivity index (χ4v) is 3.73. The number of amides is 1. The molecule has 0 atom stereocenters. The Bertz CT molecular complexity index is 882. The van der Waals surface area contributed by atoms with E-state index in [9.17, 15) is 13.2 Å². The maximum absolute atomic E-state index is 12.4. The molecule has 0 saturated carbocycles. The molecule has 0 saturated heterocycles. The first-order valence-electron chi connectivity index (χ1n) is 7.84. The highest BCUT2D eigenvalue weighted by Crippen LogP contribution is 2.28. The number of para-hydroxylation sites is 2. The number of aryl methyl sites for hydroxylation is 2. The topological polar surface area (TPSA) is 66.5 Å². The number of nitrogens with zero attached hydrogens (tertiary/aromatic N) is 1. The van der Waals surface area contributed by atoms with Gasteiger partial charge in [0, 0.05) is 0 Å². The Morgan fingerprint density at radius 2 is 1.84 bits per heavy atom. The molecule has 1 amide bonds. The Hall–Kier alpha value is -2.05. The van der Waals surface area contributed by atoms with E-state index in [2.05, 4.69) is 5.32 Å². The van der Waals surface area contributed by atoms with Gasteiger partial charge in [0.1, 0.15) is 6.54 Å². The van der Waals surface area contributed by atoms with Crippen LogP contribution in [0, 0.1) is 6.92 Å². The van der Waals surface area contributed by atoms with Crippen molar-refractivity contribution in [2.75, 3.05) is 22.4 Å². The van der Waals surface area contributed by atoms with E-state index in [0.29, 0.717) is 22.8 Å². The minimum atomic E-state index is -3.63. The molecule has 0 fully saturated rings. The fourth-order valence-electron chi connectivity index (χ4n) is 2.61. The third-order valence-electron chi connectivity index (χ3n) is 3.79. The molecule has 0 spiro atoms. The third-order valence-corrected chi connectivity index (χ3v) is 5.23. The van der Waals surface area contributed by atoms with Crippen molar-refractivity contribution in [2.45, 2.75) is 20.3 Å². The molecular weight excluding hydrogens is 360 g/mol. The quantitative estimate of drug-likeness (QED) is 0.832. The zero-order valence-corrected chi connectivity index (χ0v) is 16.0. The Morgan fingerprint density at radius 3 is 2.44 bits per heavy atom. The van der Waals surface area contributed by atoms with Crippen molar-refractivity contribution in [1.29, 1.82) is 0 Å². The molecule has 0 radical (unpaired) electrons. The van der Waals surface area contributed by atoms with Crippen LogP contribution in [0.5, 0.6) is 0 Å². The summed E-state index contributed by atoms with van der Waals surface area (Å²) < 4.78 is 25.8. The summed E-state index contributed by atoms with van der Waals surface area (Å²) in [6.07, 6.45) is 1.76. The zero-order valence-electron chi connectivity index (χ0n) is 14.4. The van der Waals surface area contributed by atoms with E-state index in [0.717, 1.165) is 21.7 Å². The molecule has 2 aromatic rings. The van der Waals surface area contributed by atoms with Crippen LogP contribution in [0.25, 0.3) is 0 Å². The molecule has 2 aromatic carbocycles. The Morgan fingerprint density at radius 1 is 1.16 bits per heavy atom. The first-order valence-corrected chi connectivity index (χ1v) is 10.1. The third kappa shape index (κ3) is 4.74. The Labute approximate surface area is 153 Å². The maximum Gasteiger partial charge on any atom is 0.245 e. The van der Waals surface area contributed by atoms with Crippen LogP contribution in [-0.4, -0.2) is 27.1 Å². The van der Waals surface area contributed by atoms with Crippen molar-refractivity contribution in [1.82, 2.24) is 0 Å². The molecule has 0 unspecified atom stereocenters. The highest BCUT2D eigenvalue weighted by Gasteiger charge is 2.24. The number of benzene rings is 2. The molecule has 7 heteroatoms. The number of rotatable bonds is 6. The summed E-state index contributed by atoms with van der Waals surface area (Å²) in [4.78, 5) is 12.4. The van der Waals surface area contributed by atoms with Crippen LogP contribution in [0.15, 0.2) is 42.5 Å². The lowest BCUT2D eigenvalue weighted by atomic mass is 10.1. The standard InChI is InChI=1S/C18H21ClN2O3S/c1-4-14-9-7-8-13(2)18(14)21(25(3,23)24)12-17(22)20-16-11-6-5-10-15(16)19/h5-11H,4,12H2,1-3H3,(H,20,22). The van der Waals surface area contributed by atoms with Gasteiger partial charge >= 0.3 is 0 Å². The molecule has 1 N–H and O–H groups in total. The van der Waals surface area contributed by atoms with Gasteiger partial charge in [-0.2, -0.15) is 0 Å². The lowest BCUT2D eigenvalue weighted by Gasteiger charge is -2.26. The second-order valence-corrected chi connectivity index (χ2v) is 8.05. The minimum absolute atomic E-state index is 0.318. The number of sulfonamides is 1. The zero-order chi connectivity index (χ0) is 18.6. The van der Waals surface area contributed by atoms with Gasteiger partial charge in [-0.15, -0.1) is 0 Å². The van der Waals surface area contributed by atoms with Crippen molar-refractivity contribution in [3.05, 3.63) is 58.6 Å². The molecule has 0 bridgehead atoms. The summed E-state index contributed by atoms with van der Waals surface area (Å²) in [6.45, 7) is 3.46. The maximum atomic E-state index is 12.4. The first kappa shape index (κ1) is 19.3. The van der Waals surface area contributed by atoms with Crippen LogP contribution in [0.4, 0.5) is 11.4 Å². The van der Waals surface area contributed by atoms with Gasteiger partial charge in [0.2, 0.25) is 15.9 Å². The summed E-state index contributed by atoms with van der Waals surface area (Å²) in [7, 11) is -3.63. The van der Waals surface area contributed by atoms with Crippen LogP contribution in [0.3, 0.4) is 0 Å². The summed E-state index contributed by atoms with van der Waals surface area (Å²) in [5, 5.41) is 3.06. The van der Waals surface area contributed by atoms with Crippen molar-refractivity contribution >= 4 is 38.9 Å². The van der Waals surface area contributed by atoms with Crippen molar-refractivity contribution in [3.8, 4) is 0 Å². The summed E-state index contributed by atoms with van der Waals surface area (Å²) in [5.74, 6) is -0.455. The molecule has 0 aromatic heterocycles. The number of anilines is 2. The molecule has 5 nitrogen and oxygen atoms in total. The molecule has 0 aliphatic rings. The van der Waals surface area contributed by atoms with Crippen LogP contribution in [0.1, 0.15) is 18.1 Å². The number of nitrogens with one attached hydrogen (secondary N) is 1. The molecule has 0 aliphatic heterocycles. The van der Waals surface area contributed by atoms with Gasteiger partial charge in [-0.05, 0) is 36.6 Å². The summed E-state index contributed by atoms with van der Waals surface area (Å²) >= 11 is 6.04. The van der Waals surface area contributed by atoms with Gasteiger partial charge in [0.15, 0.2) is 0 Å². The van der Waals surface area contributed by atoms with Crippen LogP contribution in [-0.2, 0) is 21.2 Å². The number of hydrogen-bond donors (Lipinski definition) is 1. The lowest BCUT2D eigenvalue weighted by molar-refractivity contribution is -0.114. The van der Waals surface area contributed by atoms with E-state index in [1.807, 2.05) is 32.0 Å². The van der Waals surface area contributed by atoms with Gasteiger partial charge in [0.25, 0.3) is 0 Å². The highest BCUT2D eigenvalue weighted by molar-refractivity contribution is 7.92. The summed E-state index contributed by atoms with van der Waals surface area (Å²) in [6, 6.07) is 12.4. The largest absolute Gasteiger partial charge is 0.323 e. The molecule has 25 heavy (non-hydrogen) atoms. The average Bonchev–Trinajstić information content (AvgIpc) is 2.54. The van der Waals surface area contributed by atoms with E-state index in [1.165, 1.54) is 0 Å². The second kappa shape index (κ2) is 7.89. The summed E-state index contributed by atoms with van der Waals surface area (Å²) in [5.41, 5.74) is 2.68. The predicted octanol–water partition coefficient (Wildman–Crippen LogP) is 3.62. The fraction of sp³-hybridized carbons (Fsp3) is 0.278. The monoisotopic (exact) mass is 380 g/mol. The SMILES string of the molecule is CCc1cccc(C)c1N(CC(=O)Nc1ccccc1Cl)S(C)(=O)=O. The number of hydrogen-bond acceptors (Lipinski definition) is 3. The molecular formula is C18H21ClN2O3S. The second-order valence-electron chi connectivity index (χ2n) is 5.73. The Balaban J connectivity index is 2.35. The van der Waals surface area contributed by atoms with Gasteiger partial charge < -0.3 is 5.32 Å². The van der Waals surface area contributed by atoms with Crippen LogP contribution < -0.4 is 9.62 Å². The average molecular weight is 381 g/mol. The first-order chi connectivity index (χ1) is 11.7. The van der Waals surface area contributed by atoms with Crippen molar-refractivity contribution in [3.63, 3.8) is 0 Å². The van der Waals surface area contributed by atoms with Crippen molar-refractivity contribution in [2.24, 2.45) is 0 Å². The van der Waals surface area contributed by atoms with E-state index in [1.54, 1.807) is 24.3 Å². The van der Waals surface area contributed by atoms with E-state index >= 15 is 0 Å². The molecule has 0 heterocycles. The van der Waals surface area contributed by atoms with Gasteiger partial charge in [-0.25, -0.2) is 8.42 Å². The smallest absolute Gasteiger partial charge is 0.245 e. The number of carbonyl (C=O) groups excluding carboxylic acids is 1. The minimum Gasteiger partial charge on any atom is -0.323 e. The molecule has 2 rings (SSSR count). The Kier molecular flexibility index (Phi) is 6.08. The van der Waals surface area contributed by atoms with Gasteiger partial charge in [-0.3, -0.25) is 9.10 Å². The molecule has 0 aliphatic carbocycles. The highest BCUT2D eigenvalue weighted by atomic mass is 35.5. The van der Waals surface area contributed by atoms with Crippen LogP contribution in [0.2, 0.25) is 5.02 Å². The lowest BCUT2D eigenvalue weighted by Crippen LogP contribution is -2.38. The van der Waals surface area contributed by atoms with Crippen molar-refractivity contribution < 1.29 is 13.2 Å². The number of carbonyl (C=O) groups is 1. The van der Waals surface area contributed by atoms with Gasteiger partial charge in [0.05, 0.1) is 22.7 Å². The normalized spacial score (nSPS) is 11.2. The van der Waals surface area contributed by atoms with Gasteiger partial charge in [-0.1, -0.05) is 48.9 Å². The molecule has 134 valence electrons. The number of halogens is 1. The van der Waals surface area contributed by atoms with E-state index < -0.39 is 15.9 Å². The van der Waals surface area contributed by atoms with E-state index in [4.69, 9.17) is 11.6 Å². The predicted molar refractivity (Wildman–Crippen MR) is 103 cm³/mol. The van der Waals surface area contributed by atoms with E-state index in [-0.39, 0.29) is 6.54 Å².